The van der Waals surface area contributed by atoms with Gasteiger partial charge in [0.2, 0.25) is 10.0 Å². The molecule has 8 heteroatoms. The van der Waals surface area contributed by atoms with Gasteiger partial charge in [-0.3, -0.25) is 9.52 Å². The summed E-state index contributed by atoms with van der Waals surface area (Å²) in [4.78, 5) is 10.8. The lowest BCUT2D eigenvalue weighted by Crippen LogP contribution is -2.32. The smallest absolute Gasteiger partial charge is 0.323 e. The molecule has 1 aliphatic rings. The van der Waals surface area contributed by atoms with Gasteiger partial charge in [0.1, 0.15) is 0 Å². The second-order valence-electron chi connectivity index (χ2n) is 4.33. The Bertz CT molecular complexity index is 594. The number of benzene rings is 1. The topological polar surface area (TPSA) is 102 Å². The Balaban J connectivity index is 2.17. The van der Waals surface area contributed by atoms with Crippen molar-refractivity contribution in [3.8, 4) is 0 Å². The van der Waals surface area contributed by atoms with E-state index in [9.17, 15) is 13.2 Å². The highest BCUT2D eigenvalue weighted by atomic mass is 32.2. The number of aliphatic carboxylic acids is 1. The minimum atomic E-state index is -3.98. The third-order valence-electron chi connectivity index (χ3n) is 2.85. The molecule has 1 fully saturated rings. The molecule has 1 atom stereocenters. The number of hydrogen-bond donors (Lipinski definition) is 2. The highest BCUT2D eigenvalue weighted by Gasteiger charge is 2.28. The molecule has 1 aromatic rings. The van der Waals surface area contributed by atoms with Crippen LogP contribution in [0.5, 0.6) is 0 Å². The van der Waals surface area contributed by atoms with E-state index in [1.807, 2.05) is 0 Å². The molecule has 0 bridgehead atoms. The molecule has 1 saturated heterocycles. The van der Waals surface area contributed by atoms with Crippen molar-refractivity contribution in [2.75, 3.05) is 17.9 Å². The van der Waals surface area contributed by atoms with Gasteiger partial charge in [-0.1, -0.05) is 12.1 Å². The second-order valence-corrected chi connectivity index (χ2v) is 6.33. The first-order valence-electron chi connectivity index (χ1n) is 5.98. The van der Waals surface area contributed by atoms with E-state index in [-0.39, 0.29) is 5.69 Å². The van der Waals surface area contributed by atoms with E-state index < -0.39 is 27.5 Å². The summed E-state index contributed by atoms with van der Waals surface area (Å²) < 4.78 is 36.5. The normalized spacial score (nSPS) is 17.9. The van der Waals surface area contributed by atoms with Crippen LogP contribution < -0.4 is 4.72 Å². The van der Waals surface area contributed by atoms with E-state index in [0.29, 0.717) is 18.8 Å². The number of ether oxygens (including phenoxy) is 2. The Morgan fingerprint density at radius 1 is 1.40 bits per heavy atom. The third-order valence-corrected chi connectivity index (χ3v) is 4.51. The molecule has 0 aliphatic carbocycles. The summed E-state index contributed by atoms with van der Waals surface area (Å²) in [5.41, 5.74) is 0.945. The van der Waals surface area contributed by atoms with Crippen molar-refractivity contribution in [2.24, 2.45) is 0 Å². The van der Waals surface area contributed by atoms with Gasteiger partial charge in [-0.05, 0) is 19.1 Å². The van der Waals surface area contributed by atoms with Crippen LogP contribution in [0.25, 0.3) is 0 Å². The second kappa shape index (κ2) is 5.78. The standard InChI is InChI=1S/C12H15NO6S/c1-8(11(14)15)20(16,17)13-10-4-2-3-9(7-10)12-18-5-6-19-12/h2-4,7-8,12-13H,5-6H2,1H3,(H,14,15). The Hall–Kier alpha value is -1.64. The first-order valence-corrected chi connectivity index (χ1v) is 7.52. The van der Waals surface area contributed by atoms with Crippen LogP contribution in [0.1, 0.15) is 18.8 Å². The number of sulfonamides is 1. The molecule has 20 heavy (non-hydrogen) atoms. The quantitative estimate of drug-likeness (QED) is 0.839. The van der Waals surface area contributed by atoms with Crippen LogP contribution >= 0.6 is 0 Å². The van der Waals surface area contributed by atoms with Crippen LogP contribution in [0.3, 0.4) is 0 Å². The molecule has 0 amide bonds. The van der Waals surface area contributed by atoms with Crippen LogP contribution in [-0.2, 0) is 24.3 Å². The summed E-state index contributed by atoms with van der Waals surface area (Å²) in [7, 11) is -3.98. The highest BCUT2D eigenvalue weighted by Crippen LogP contribution is 2.25. The Labute approximate surface area is 116 Å². The predicted molar refractivity (Wildman–Crippen MR) is 70.7 cm³/mol. The molecule has 0 saturated carbocycles. The lowest BCUT2D eigenvalue weighted by atomic mass is 10.2. The summed E-state index contributed by atoms with van der Waals surface area (Å²) in [6.07, 6.45) is -0.517. The van der Waals surface area contributed by atoms with Gasteiger partial charge >= 0.3 is 5.97 Å². The zero-order chi connectivity index (χ0) is 14.8. The van der Waals surface area contributed by atoms with E-state index in [0.717, 1.165) is 6.92 Å². The maximum atomic E-state index is 11.8. The van der Waals surface area contributed by atoms with Crippen molar-refractivity contribution in [3.63, 3.8) is 0 Å². The SMILES string of the molecule is CC(C(=O)O)S(=O)(=O)Nc1cccc(C2OCCO2)c1. The van der Waals surface area contributed by atoms with Gasteiger partial charge in [0.25, 0.3) is 0 Å². The molecule has 0 spiro atoms. The fourth-order valence-corrected chi connectivity index (χ4v) is 2.58. The zero-order valence-corrected chi connectivity index (χ0v) is 11.6. The van der Waals surface area contributed by atoms with Gasteiger partial charge in [0.15, 0.2) is 11.5 Å². The molecule has 1 aliphatic heterocycles. The molecular formula is C12H15NO6S. The number of carboxylic acids is 1. The monoisotopic (exact) mass is 301 g/mol. The summed E-state index contributed by atoms with van der Waals surface area (Å²) >= 11 is 0. The first-order chi connectivity index (χ1) is 9.40. The van der Waals surface area contributed by atoms with Gasteiger partial charge in [0.05, 0.1) is 13.2 Å². The molecule has 110 valence electrons. The Morgan fingerprint density at radius 2 is 2.05 bits per heavy atom. The molecule has 7 nitrogen and oxygen atoms in total. The van der Waals surface area contributed by atoms with Gasteiger partial charge in [-0.15, -0.1) is 0 Å². The number of rotatable bonds is 5. The van der Waals surface area contributed by atoms with Gasteiger partial charge < -0.3 is 14.6 Å². The maximum Gasteiger partial charge on any atom is 0.323 e. The van der Waals surface area contributed by atoms with Crippen LogP contribution in [-0.4, -0.2) is 38.0 Å². The fourth-order valence-electron chi connectivity index (χ4n) is 1.69. The van der Waals surface area contributed by atoms with Gasteiger partial charge in [0, 0.05) is 11.3 Å². The number of hydrogen-bond acceptors (Lipinski definition) is 5. The van der Waals surface area contributed by atoms with Crippen molar-refractivity contribution in [2.45, 2.75) is 18.5 Å². The lowest BCUT2D eigenvalue weighted by molar-refractivity contribution is -0.136. The van der Waals surface area contributed by atoms with Crippen molar-refractivity contribution in [1.82, 2.24) is 0 Å². The molecular weight excluding hydrogens is 286 g/mol. The van der Waals surface area contributed by atoms with Crippen LogP contribution in [0.4, 0.5) is 5.69 Å². The van der Waals surface area contributed by atoms with Gasteiger partial charge in [-0.25, -0.2) is 8.42 Å². The van der Waals surface area contributed by atoms with Crippen molar-refractivity contribution in [3.05, 3.63) is 29.8 Å². The Morgan fingerprint density at radius 3 is 2.65 bits per heavy atom. The average molecular weight is 301 g/mol. The zero-order valence-electron chi connectivity index (χ0n) is 10.8. The summed E-state index contributed by atoms with van der Waals surface area (Å²) in [6, 6.07) is 6.48. The maximum absolute atomic E-state index is 11.8. The van der Waals surface area contributed by atoms with Crippen molar-refractivity contribution in [1.29, 1.82) is 0 Å². The molecule has 0 radical (unpaired) electrons. The van der Waals surface area contributed by atoms with Crippen LogP contribution in [0.2, 0.25) is 0 Å². The van der Waals surface area contributed by atoms with E-state index >= 15 is 0 Å². The number of nitrogens with one attached hydrogen (secondary N) is 1. The predicted octanol–water partition coefficient (Wildman–Crippen LogP) is 0.947. The lowest BCUT2D eigenvalue weighted by Gasteiger charge is -2.14. The number of carboxylic acid groups (broad SMARTS) is 1. The minimum absolute atomic E-state index is 0.273. The largest absolute Gasteiger partial charge is 0.480 e. The van der Waals surface area contributed by atoms with E-state index in [4.69, 9.17) is 14.6 Å². The minimum Gasteiger partial charge on any atom is -0.480 e. The number of anilines is 1. The van der Waals surface area contributed by atoms with E-state index in [2.05, 4.69) is 4.72 Å². The highest BCUT2D eigenvalue weighted by molar-refractivity contribution is 7.94. The van der Waals surface area contributed by atoms with E-state index in [1.54, 1.807) is 18.2 Å². The first kappa shape index (κ1) is 14.8. The molecule has 2 N–H and O–H groups in total. The summed E-state index contributed by atoms with van der Waals surface area (Å²) in [5.74, 6) is -1.41. The van der Waals surface area contributed by atoms with Gasteiger partial charge in [-0.2, -0.15) is 0 Å². The average Bonchev–Trinajstić information content (AvgIpc) is 2.91. The fraction of sp³-hybridized carbons (Fsp3) is 0.417. The molecule has 0 aromatic heterocycles. The van der Waals surface area contributed by atoms with Crippen molar-refractivity contribution >= 4 is 21.7 Å². The third kappa shape index (κ3) is 3.27. The summed E-state index contributed by atoms with van der Waals surface area (Å²) in [5, 5.41) is 7.23. The Kier molecular flexibility index (Phi) is 4.26. The molecule has 2 rings (SSSR count). The number of carbonyl (C=O) groups is 1. The van der Waals surface area contributed by atoms with Crippen molar-refractivity contribution < 1.29 is 27.8 Å². The molecule has 1 heterocycles. The summed E-state index contributed by atoms with van der Waals surface area (Å²) in [6.45, 7) is 2.07. The molecule has 1 aromatic carbocycles. The molecule has 1 unspecified atom stereocenters. The van der Waals surface area contributed by atoms with Crippen LogP contribution in [0.15, 0.2) is 24.3 Å². The van der Waals surface area contributed by atoms with Crippen LogP contribution in [0, 0.1) is 0 Å². The van der Waals surface area contributed by atoms with E-state index in [1.165, 1.54) is 6.07 Å².